The molecule has 0 bridgehead atoms. The predicted molar refractivity (Wildman–Crippen MR) is 143 cm³/mol. The number of benzene rings is 2. The van der Waals surface area contributed by atoms with E-state index in [1.807, 2.05) is 31.3 Å². The number of pyridine rings is 1. The number of carbonyl (C=O) groups is 2. The van der Waals surface area contributed by atoms with Gasteiger partial charge in [0.2, 0.25) is 0 Å². The molecule has 36 heavy (non-hydrogen) atoms. The minimum Gasteiger partial charge on any atom is -0.449 e. The molecule has 1 unspecified atom stereocenters. The zero-order valence-corrected chi connectivity index (χ0v) is 21.9. The van der Waals surface area contributed by atoms with Crippen molar-refractivity contribution >= 4 is 62.4 Å². The van der Waals surface area contributed by atoms with Gasteiger partial charge in [-0.3, -0.25) is 15.1 Å². The van der Waals surface area contributed by atoms with E-state index in [0.29, 0.717) is 43.9 Å². The lowest BCUT2D eigenvalue weighted by molar-refractivity contribution is -0.123. The Kier molecular flexibility index (Phi) is 6.94. The van der Waals surface area contributed by atoms with Crippen LogP contribution in [0.1, 0.15) is 28.5 Å². The van der Waals surface area contributed by atoms with Crippen molar-refractivity contribution in [3.63, 3.8) is 0 Å². The van der Waals surface area contributed by atoms with E-state index in [2.05, 4.69) is 15.2 Å². The molecule has 0 fully saturated rings. The maximum absolute atomic E-state index is 13.4. The highest BCUT2D eigenvalue weighted by molar-refractivity contribution is 7.14. The number of hydrogen-bond acceptors (Lipinski definition) is 7. The normalized spacial score (nSPS) is 14.3. The van der Waals surface area contributed by atoms with E-state index in [1.54, 1.807) is 30.5 Å². The summed E-state index contributed by atoms with van der Waals surface area (Å²) in [7, 11) is 2.00. The Morgan fingerprint density at radius 1 is 1.17 bits per heavy atom. The van der Waals surface area contributed by atoms with Gasteiger partial charge in [-0.15, -0.1) is 11.3 Å². The number of para-hydroxylation sites is 1. The number of fused-ring (bicyclic) bond motifs is 2. The average Bonchev–Trinajstić information content (AvgIpc) is 3.30. The quantitative estimate of drug-likeness (QED) is 0.320. The molecule has 2 aromatic carbocycles. The molecule has 0 radical (unpaired) electrons. The number of nitrogens with one attached hydrogen (secondary N) is 1. The van der Waals surface area contributed by atoms with Crippen molar-refractivity contribution in [1.29, 1.82) is 0 Å². The number of ether oxygens (including phenoxy) is 1. The summed E-state index contributed by atoms with van der Waals surface area (Å²) in [4.78, 5) is 37.6. The van der Waals surface area contributed by atoms with E-state index in [4.69, 9.17) is 32.9 Å². The summed E-state index contributed by atoms with van der Waals surface area (Å²) < 4.78 is 5.65. The largest absolute Gasteiger partial charge is 0.449 e. The van der Waals surface area contributed by atoms with Crippen LogP contribution in [-0.2, 0) is 22.5 Å². The first kappa shape index (κ1) is 24.6. The Morgan fingerprint density at radius 3 is 2.78 bits per heavy atom. The van der Waals surface area contributed by atoms with Crippen LogP contribution >= 0.6 is 34.5 Å². The first-order valence-corrected chi connectivity index (χ1v) is 13.0. The zero-order valence-electron chi connectivity index (χ0n) is 19.5. The fourth-order valence-corrected chi connectivity index (χ4v) is 5.41. The van der Waals surface area contributed by atoms with Gasteiger partial charge in [-0.2, -0.15) is 0 Å². The monoisotopic (exact) mass is 540 g/mol. The number of esters is 1. The highest BCUT2D eigenvalue weighted by Gasteiger charge is 2.28. The molecular weight excluding hydrogens is 519 g/mol. The number of aromatic nitrogens is 2. The molecule has 1 aliphatic heterocycles. The second-order valence-electron chi connectivity index (χ2n) is 8.62. The molecule has 10 heteroatoms. The van der Waals surface area contributed by atoms with Gasteiger partial charge in [0.1, 0.15) is 0 Å². The van der Waals surface area contributed by atoms with E-state index in [-0.39, 0.29) is 0 Å². The van der Waals surface area contributed by atoms with Crippen LogP contribution in [0.3, 0.4) is 0 Å². The number of nitrogens with zero attached hydrogens (tertiary/aromatic N) is 3. The van der Waals surface area contributed by atoms with Crippen molar-refractivity contribution in [2.45, 2.75) is 26.0 Å². The molecule has 5 rings (SSSR count). The lowest BCUT2D eigenvalue weighted by Gasteiger charge is -2.27. The van der Waals surface area contributed by atoms with Crippen LogP contribution in [0.4, 0.5) is 5.13 Å². The molecule has 1 N–H and O–H groups in total. The van der Waals surface area contributed by atoms with Gasteiger partial charge < -0.3 is 9.64 Å². The Balaban J connectivity index is 1.34. The fourth-order valence-electron chi connectivity index (χ4n) is 4.19. The maximum Gasteiger partial charge on any atom is 0.339 e. The second kappa shape index (κ2) is 10.1. The van der Waals surface area contributed by atoms with Gasteiger partial charge in [0.15, 0.2) is 11.2 Å². The number of thiazole rings is 1. The summed E-state index contributed by atoms with van der Waals surface area (Å²) in [5.74, 6) is -1.02. The van der Waals surface area contributed by atoms with Gasteiger partial charge in [0.25, 0.3) is 5.91 Å². The van der Waals surface area contributed by atoms with E-state index >= 15 is 0 Å². The Morgan fingerprint density at radius 2 is 1.97 bits per heavy atom. The third-order valence-corrected chi connectivity index (χ3v) is 7.34. The lowest BCUT2D eigenvalue weighted by atomic mass is 9.96. The topological polar surface area (TPSA) is 84.4 Å². The Labute approximate surface area is 222 Å². The van der Waals surface area contributed by atoms with Crippen LogP contribution < -0.4 is 5.32 Å². The van der Waals surface area contributed by atoms with Crippen molar-refractivity contribution in [3.8, 4) is 11.3 Å². The Hall–Kier alpha value is -3.04. The summed E-state index contributed by atoms with van der Waals surface area (Å²) in [6, 6.07) is 12.6. The van der Waals surface area contributed by atoms with Crippen LogP contribution in [0, 0.1) is 0 Å². The fraction of sp³-hybridized carbons (Fsp3) is 0.231. The van der Waals surface area contributed by atoms with Gasteiger partial charge >= 0.3 is 5.97 Å². The number of anilines is 1. The van der Waals surface area contributed by atoms with Crippen molar-refractivity contribution in [3.05, 3.63) is 74.7 Å². The van der Waals surface area contributed by atoms with Crippen LogP contribution in [-0.4, -0.2) is 46.4 Å². The SMILES string of the molecule is CC(OC(=O)c1c2c(nc3ccccc13)CCN(C)C2)C(=O)Nc1nc(-c2ccc(Cl)cc2Cl)cs1. The van der Waals surface area contributed by atoms with Gasteiger partial charge in [-0.05, 0) is 38.2 Å². The number of halogens is 2. The molecule has 1 aliphatic rings. The number of hydrogen-bond donors (Lipinski definition) is 1. The van der Waals surface area contributed by atoms with Crippen molar-refractivity contribution in [2.75, 3.05) is 18.9 Å². The maximum atomic E-state index is 13.4. The second-order valence-corrected chi connectivity index (χ2v) is 10.3. The molecule has 0 saturated carbocycles. The minimum absolute atomic E-state index is 0.372. The molecule has 0 spiro atoms. The van der Waals surface area contributed by atoms with E-state index in [0.717, 1.165) is 29.7 Å². The summed E-state index contributed by atoms with van der Waals surface area (Å²) in [6.45, 7) is 3.00. The van der Waals surface area contributed by atoms with E-state index in [1.165, 1.54) is 11.3 Å². The molecule has 7 nitrogen and oxygen atoms in total. The van der Waals surface area contributed by atoms with Crippen LogP contribution in [0.25, 0.3) is 22.2 Å². The molecular formula is C26H22Cl2N4O3S. The van der Waals surface area contributed by atoms with Gasteiger partial charge in [0, 0.05) is 52.1 Å². The lowest BCUT2D eigenvalue weighted by Crippen LogP contribution is -2.32. The summed E-state index contributed by atoms with van der Waals surface area (Å²) in [5, 5.41) is 6.59. The van der Waals surface area contributed by atoms with Gasteiger partial charge in [-0.25, -0.2) is 9.78 Å². The molecule has 0 aliphatic carbocycles. The molecule has 1 amide bonds. The summed E-state index contributed by atoms with van der Waals surface area (Å²) in [6.07, 6.45) is -0.287. The van der Waals surface area contributed by atoms with Crippen LogP contribution in [0.2, 0.25) is 10.0 Å². The molecule has 1 atom stereocenters. The third-order valence-electron chi connectivity index (χ3n) is 6.04. The van der Waals surface area contributed by atoms with Crippen LogP contribution in [0.5, 0.6) is 0 Å². The highest BCUT2D eigenvalue weighted by Crippen LogP contribution is 2.33. The van der Waals surface area contributed by atoms with E-state index in [9.17, 15) is 9.59 Å². The van der Waals surface area contributed by atoms with Crippen LogP contribution in [0.15, 0.2) is 47.8 Å². The average molecular weight is 541 g/mol. The number of likely N-dealkylation sites (N-methyl/N-ethyl adjacent to an activating group) is 1. The zero-order chi connectivity index (χ0) is 25.4. The first-order chi connectivity index (χ1) is 17.3. The third kappa shape index (κ3) is 4.95. The molecule has 4 aromatic rings. The molecule has 0 saturated heterocycles. The molecule has 184 valence electrons. The van der Waals surface area contributed by atoms with Crippen molar-refractivity contribution < 1.29 is 14.3 Å². The van der Waals surface area contributed by atoms with Gasteiger partial charge in [-0.1, -0.05) is 41.4 Å². The number of rotatable bonds is 5. The van der Waals surface area contributed by atoms with Crippen molar-refractivity contribution in [2.24, 2.45) is 0 Å². The minimum atomic E-state index is -1.03. The standard InChI is InChI=1S/C26H22Cl2N4O3S/c1-14(24(33)31-26-30-22(13-36-26)16-8-7-15(27)11-19(16)28)35-25(34)23-17-5-3-4-6-20(17)29-21-9-10-32(2)12-18(21)23/h3-8,11,13-14H,9-10,12H2,1-2H3,(H,30,31,33). The number of carbonyl (C=O) groups excluding carboxylic acids is 2. The van der Waals surface area contributed by atoms with E-state index < -0.39 is 18.0 Å². The summed E-state index contributed by atoms with van der Waals surface area (Å²) in [5.41, 5.74) is 4.27. The smallest absolute Gasteiger partial charge is 0.339 e. The highest BCUT2D eigenvalue weighted by atomic mass is 35.5. The van der Waals surface area contributed by atoms with Gasteiger partial charge in [0.05, 0.1) is 21.8 Å². The Bertz CT molecular complexity index is 1490. The number of amides is 1. The predicted octanol–water partition coefficient (Wildman–Crippen LogP) is 5.84. The summed E-state index contributed by atoms with van der Waals surface area (Å²) >= 11 is 13.5. The molecule has 3 heterocycles. The van der Waals surface area contributed by atoms with Crippen molar-refractivity contribution in [1.82, 2.24) is 14.9 Å². The first-order valence-electron chi connectivity index (χ1n) is 11.3. The molecule has 2 aromatic heterocycles.